The Morgan fingerprint density at radius 3 is 2.64 bits per heavy atom. The van der Waals surface area contributed by atoms with Gasteiger partial charge in [0.1, 0.15) is 5.76 Å². The Kier molecular flexibility index (Phi) is 2.65. The van der Waals surface area contributed by atoms with Gasteiger partial charge >= 0.3 is 0 Å². The number of ether oxygens (including phenoxy) is 1. The minimum Gasteiger partial charge on any atom is -0.446 e. The van der Waals surface area contributed by atoms with Crippen LogP contribution in [-0.4, -0.2) is 18.7 Å². The average Bonchev–Trinajstić information content (AvgIpc) is 2.28. The molecule has 3 nitrogen and oxygen atoms in total. The molecule has 11 heavy (non-hydrogen) atoms. The second-order valence-corrected chi connectivity index (χ2v) is 2.49. The molecule has 62 valence electrons. The zero-order valence-corrected chi connectivity index (χ0v) is 7.18. The third kappa shape index (κ3) is 2.05. The van der Waals surface area contributed by atoms with Gasteiger partial charge < -0.3 is 9.15 Å². The van der Waals surface area contributed by atoms with Crippen molar-refractivity contribution in [1.82, 2.24) is 4.98 Å². The average molecular weight is 155 g/mol. The fourth-order valence-electron chi connectivity index (χ4n) is 0.835. The zero-order chi connectivity index (χ0) is 8.27. The van der Waals surface area contributed by atoms with Crippen LogP contribution >= 0.6 is 0 Å². The van der Waals surface area contributed by atoms with Crippen LogP contribution in [0.15, 0.2) is 4.42 Å². The summed E-state index contributed by atoms with van der Waals surface area (Å²) >= 11 is 0. The summed E-state index contributed by atoms with van der Waals surface area (Å²) in [7, 11) is 1.67. The summed E-state index contributed by atoms with van der Waals surface area (Å²) in [5, 5.41) is 0. The summed E-state index contributed by atoms with van der Waals surface area (Å²) < 4.78 is 10.2. The topological polar surface area (TPSA) is 35.3 Å². The number of oxazole rings is 1. The van der Waals surface area contributed by atoms with E-state index in [2.05, 4.69) is 4.98 Å². The van der Waals surface area contributed by atoms with Crippen LogP contribution in [-0.2, 0) is 11.2 Å². The van der Waals surface area contributed by atoms with Crippen LogP contribution in [0.2, 0.25) is 0 Å². The lowest BCUT2D eigenvalue weighted by molar-refractivity contribution is 0.195. The number of methoxy groups -OCH3 is 1. The maximum atomic E-state index is 5.33. The van der Waals surface area contributed by atoms with Crippen LogP contribution < -0.4 is 0 Å². The second-order valence-electron chi connectivity index (χ2n) is 2.49. The van der Waals surface area contributed by atoms with Crippen molar-refractivity contribution in [2.24, 2.45) is 0 Å². The summed E-state index contributed by atoms with van der Waals surface area (Å²) in [6.07, 6.45) is 0.755. The summed E-state index contributed by atoms with van der Waals surface area (Å²) in [6, 6.07) is 0. The predicted molar refractivity (Wildman–Crippen MR) is 41.6 cm³/mol. The van der Waals surface area contributed by atoms with Gasteiger partial charge in [0, 0.05) is 13.5 Å². The van der Waals surface area contributed by atoms with E-state index in [0.717, 1.165) is 23.8 Å². The largest absolute Gasteiger partial charge is 0.446 e. The lowest BCUT2D eigenvalue weighted by Crippen LogP contribution is -1.93. The van der Waals surface area contributed by atoms with E-state index in [0.29, 0.717) is 6.61 Å². The summed E-state index contributed by atoms with van der Waals surface area (Å²) in [4.78, 5) is 4.20. The molecule has 0 unspecified atom stereocenters. The van der Waals surface area contributed by atoms with E-state index in [1.165, 1.54) is 0 Å². The molecule has 0 N–H and O–H groups in total. The molecule has 0 radical (unpaired) electrons. The number of hydrogen-bond donors (Lipinski definition) is 0. The molecule has 0 saturated carbocycles. The van der Waals surface area contributed by atoms with E-state index in [-0.39, 0.29) is 0 Å². The van der Waals surface area contributed by atoms with E-state index in [9.17, 15) is 0 Å². The number of rotatable bonds is 3. The minimum atomic E-state index is 0.666. The number of aromatic nitrogens is 1. The second kappa shape index (κ2) is 3.53. The van der Waals surface area contributed by atoms with Crippen LogP contribution in [0.25, 0.3) is 0 Å². The molecule has 0 atom stereocenters. The molecule has 0 aliphatic heterocycles. The fourth-order valence-corrected chi connectivity index (χ4v) is 0.835. The van der Waals surface area contributed by atoms with Crippen molar-refractivity contribution in [3.63, 3.8) is 0 Å². The molecule has 0 spiro atoms. The molecule has 3 heteroatoms. The molecule has 1 aromatic heterocycles. The van der Waals surface area contributed by atoms with Crippen molar-refractivity contribution in [1.29, 1.82) is 0 Å². The monoisotopic (exact) mass is 155 g/mol. The maximum Gasteiger partial charge on any atom is 0.196 e. The number of aryl methyl sites for hydroxylation is 2. The van der Waals surface area contributed by atoms with Crippen molar-refractivity contribution in [3.8, 4) is 0 Å². The lowest BCUT2D eigenvalue weighted by atomic mass is 10.4. The van der Waals surface area contributed by atoms with Crippen molar-refractivity contribution in [2.75, 3.05) is 13.7 Å². The molecule has 0 saturated heterocycles. The quantitative estimate of drug-likeness (QED) is 0.663. The van der Waals surface area contributed by atoms with Gasteiger partial charge in [-0.25, -0.2) is 4.98 Å². The molecule has 0 amide bonds. The van der Waals surface area contributed by atoms with Crippen LogP contribution in [0.4, 0.5) is 0 Å². The molecule has 0 bridgehead atoms. The van der Waals surface area contributed by atoms with Crippen molar-refractivity contribution in [3.05, 3.63) is 17.3 Å². The minimum absolute atomic E-state index is 0.666. The Balaban J connectivity index is 2.58. The Morgan fingerprint density at radius 1 is 1.45 bits per heavy atom. The zero-order valence-electron chi connectivity index (χ0n) is 7.18. The van der Waals surface area contributed by atoms with Gasteiger partial charge in [0.25, 0.3) is 0 Å². The van der Waals surface area contributed by atoms with Crippen molar-refractivity contribution >= 4 is 0 Å². The lowest BCUT2D eigenvalue weighted by Gasteiger charge is -1.91. The first-order valence-corrected chi connectivity index (χ1v) is 3.66. The number of hydrogen-bond acceptors (Lipinski definition) is 3. The Bertz CT molecular complexity index is 210. The van der Waals surface area contributed by atoms with Gasteiger partial charge in [-0.3, -0.25) is 0 Å². The first-order valence-electron chi connectivity index (χ1n) is 3.66. The van der Waals surface area contributed by atoms with Crippen LogP contribution in [0.5, 0.6) is 0 Å². The molecule has 0 aliphatic rings. The molecule has 1 aromatic rings. The predicted octanol–water partition coefficient (Wildman–Crippen LogP) is 1.48. The number of nitrogens with zero attached hydrogens (tertiary/aromatic N) is 1. The molecule has 1 rings (SSSR count). The molecule has 1 heterocycles. The van der Waals surface area contributed by atoms with Crippen molar-refractivity contribution < 1.29 is 9.15 Å². The highest BCUT2D eigenvalue weighted by Gasteiger charge is 2.03. The third-order valence-corrected chi connectivity index (χ3v) is 1.59. The van der Waals surface area contributed by atoms with Gasteiger partial charge in [0.2, 0.25) is 0 Å². The Morgan fingerprint density at radius 2 is 2.18 bits per heavy atom. The molecule has 0 aromatic carbocycles. The highest BCUT2D eigenvalue weighted by Crippen LogP contribution is 2.08. The van der Waals surface area contributed by atoms with Gasteiger partial charge in [-0.1, -0.05) is 0 Å². The highest BCUT2D eigenvalue weighted by atomic mass is 16.5. The summed E-state index contributed by atoms with van der Waals surface area (Å²) in [5.41, 5.74) is 0.969. The highest BCUT2D eigenvalue weighted by molar-refractivity contribution is 5.05. The van der Waals surface area contributed by atoms with Gasteiger partial charge in [-0.2, -0.15) is 0 Å². The molecular weight excluding hydrogens is 142 g/mol. The van der Waals surface area contributed by atoms with Crippen LogP contribution in [0, 0.1) is 13.8 Å². The van der Waals surface area contributed by atoms with Gasteiger partial charge in [-0.15, -0.1) is 0 Å². The molecular formula is C8H13NO2. The first kappa shape index (κ1) is 8.27. The van der Waals surface area contributed by atoms with Crippen LogP contribution in [0.1, 0.15) is 17.3 Å². The van der Waals surface area contributed by atoms with Crippen molar-refractivity contribution in [2.45, 2.75) is 20.3 Å². The third-order valence-electron chi connectivity index (χ3n) is 1.59. The summed E-state index contributed by atoms with van der Waals surface area (Å²) in [6.45, 7) is 4.52. The normalized spacial score (nSPS) is 10.5. The SMILES string of the molecule is COCCc1nc(C)c(C)o1. The van der Waals surface area contributed by atoms with E-state index in [4.69, 9.17) is 9.15 Å². The van der Waals surface area contributed by atoms with E-state index >= 15 is 0 Å². The van der Waals surface area contributed by atoms with Gasteiger partial charge in [0.05, 0.1) is 12.3 Å². The van der Waals surface area contributed by atoms with E-state index in [1.807, 2.05) is 13.8 Å². The smallest absolute Gasteiger partial charge is 0.196 e. The maximum absolute atomic E-state index is 5.33. The van der Waals surface area contributed by atoms with Gasteiger partial charge in [-0.05, 0) is 13.8 Å². The standard InChI is InChI=1S/C8H13NO2/c1-6-7(2)11-8(9-6)4-5-10-3/h4-5H2,1-3H3. The molecule has 0 fully saturated rings. The van der Waals surface area contributed by atoms with Gasteiger partial charge in [0.15, 0.2) is 5.89 Å². The fraction of sp³-hybridized carbons (Fsp3) is 0.625. The molecule has 0 aliphatic carbocycles. The van der Waals surface area contributed by atoms with E-state index in [1.54, 1.807) is 7.11 Å². The Hall–Kier alpha value is -0.830. The Labute approximate surface area is 66.4 Å². The summed E-state index contributed by atoms with van der Waals surface area (Å²) in [5.74, 6) is 1.66. The van der Waals surface area contributed by atoms with Crippen LogP contribution in [0.3, 0.4) is 0 Å². The first-order chi connectivity index (χ1) is 5.24. The van der Waals surface area contributed by atoms with E-state index < -0.39 is 0 Å².